The number of benzene rings is 4. The molecule has 0 aliphatic heterocycles. The Balaban J connectivity index is 1.26. The van der Waals surface area contributed by atoms with Crippen LogP contribution in [0.5, 0.6) is 11.5 Å². The van der Waals surface area contributed by atoms with Crippen molar-refractivity contribution >= 4 is 40.2 Å². The number of carbonyl (C=O) groups is 2. The molecule has 1 amide bonds. The van der Waals surface area contributed by atoms with Gasteiger partial charge in [-0.05, 0) is 48.5 Å². The van der Waals surface area contributed by atoms with Gasteiger partial charge in [-0.3, -0.25) is 4.79 Å². The maximum absolute atomic E-state index is 13.1. The molecule has 6 rings (SSSR count). The van der Waals surface area contributed by atoms with Gasteiger partial charge in [0.2, 0.25) is 5.91 Å². The zero-order valence-electron chi connectivity index (χ0n) is 25.9. The topological polar surface area (TPSA) is 134 Å². The smallest absolute Gasteiger partial charge is 0.336 e. The molecule has 2 N–H and O–H groups in total. The third-order valence-corrected chi connectivity index (χ3v) is 8.59. The summed E-state index contributed by atoms with van der Waals surface area (Å²) in [6.45, 7) is 0. The summed E-state index contributed by atoms with van der Waals surface area (Å²) in [6.07, 6.45) is 0. The van der Waals surface area contributed by atoms with Gasteiger partial charge in [-0.15, -0.1) is 0 Å². The molecular formula is C38H28N4O5S. The first-order valence-electron chi connectivity index (χ1n) is 14.8. The third kappa shape index (κ3) is 6.67. The number of methoxy groups -OCH3 is 2. The lowest BCUT2D eigenvalue weighted by atomic mass is 9.98. The number of nitriles is 1. The second-order valence-corrected chi connectivity index (χ2v) is 11.5. The van der Waals surface area contributed by atoms with Crippen LogP contribution in [-0.4, -0.2) is 46.9 Å². The van der Waals surface area contributed by atoms with Gasteiger partial charge < -0.3 is 19.9 Å². The van der Waals surface area contributed by atoms with E-state index in [4.69, 9.17) is 14.5 Å². The van der Waals surface area contributed by atoms with Gasteiger partial charge in [0.25, 0.3) is 0 Å². The number of nitrogens with one attached hydrogen (secondary N) is 1. The van der Waals surface area contributed by atoms with Crippen LogP contribution in [0.15, 0.2) is 114 Å². The van der Waals surface area contributed by atoms with Crippen LogP contribution >= 0.6 is 11.8 Å². The normalized spacial score (nSPS) is 10.7. The van der Waals surface area contributed by atoms with Gasteiger partial charge in [0.15, 0.2) is 0 Å². The van der Waals surface area contributed by atoms with E-state index in [1.807, 2.05) is 48.5 Å². The third-order valence-electron chi connectivity index (χ3n) is 7.62. The van der Waals surface area contributed by atoms with Crippen molar-refractivity contribution in [3.05, 3.63) is 120 Å². The molecule has 0 radical (unpaired) electrons. The van der Waals surface area contributed by atoms with E-state index in [1.165, 1.54) is 0 Å². The van der Waals surface area contributed by atoms with E-state index in [-0.39, 0.29) is 17.2 Å². The zero-order chi connectivity index (χ0) is 33.6. The molecule has 236 valence electrons. The second-order valence-electron chi connectivity index (χ2n) is 10.6. The minimum absolute atomic E-state index is 0.00936. The van der Waals surface area contributed by atoms with E-state index in [0.29, 0.717) is 66.8 Å². The molecule has 4 aromatic carbocycles. The first-order chi connectivity index (χ1) is 23.4. The zero-order valence-corrected chi connectivity index (χ0v) is 26.7. The number of para-hydroxylation sites is 1. The Morgan fingerprint density at radius 3 is 2.23 bits per heavy atom. The highest BCUT2D eigenvalue weighted by atomic mass is 32.2. The van der Waals surface area contributed by atoms with Crippen LogP contribution in [0.25, 0.3) is 44.5 Å². The minimum atomic E-state index is -1.03. The van der Waals surface area contributed by atoms with Crippen molar-refractivity contribution in [2.24, 2.45) is 0 Å². The van der Waals surface area contributed by atoms with Crippen LogP contribution in [0, 0.1) is 11.3 Å². The first kappa shape index (κ1) is 31.8. The van der Waals surface area contributed by atoms with Crippen molar-refractivity contribution in [3.8, 4) is 51.2 Å². The van der Waals surface area contributed by atoms with Gasteiger partial charge >= 0.3 is 5.97 Å². The van der Waals surface area contributed by atoms with Crippen LogP contribution in [0.1, 0.15) is 15.9 Å². The molecule has 0 spiro atoms. The highest BCUT2D eigenvalue weighted by Gasteiger charge is 2.20. The van der Waals surface area contributed by atoms with E-state index < -0.39 is 5.97 Å². The number of thioether (sulfide) groups is 1. The number of rotatable bonds is 10. The number of aromatic nitrogens is 2. The predicted octanol–water partition coefficient (Wildman–Crippen LogP) is 7.95. The highest BCUT2D eigenvalue weighted by Crippen LogP contribution is 2.40. The Labute approximate surface area is 280 Å². The van der Waals surface area contributed by atoms with Crippen molar-refractivity contribution in [3.63, 3.8) is 0 Å². The predicted molar refractivity (Wildman–Crippen MR) is 186 cm³/mol. The summed E-state index contributed by atoms with van der Waals surface area (Å²) in [5.41, 5.74) is 5.59. The molecule has 9 nitrogen and oxygen atoms in total. The number of anilines is 1. The van der Waals surface area contributed by atoms with Crippen LogP contribution < -0.4 is 14.8 Å². The number of aromatic carboxylic acids is 1. The molecule has 0 saturated carbocycles. The number of hydrogen-bond donors (Lipinski definition) is 2. The summed E-state index contributed by atoms with van der Waals surface area (Å²) in [5.74, 6) is -0.168. The Morgan fingerprint density at radius 1 is 0.812 bits per heavy atom. The van der Waals surface area contributed by atoms with E-state index >= 15 is 0 Å². The van der Waals surface area contributed by atoms with Crippen molar-refractivity contribution in [2.45, 2.75) is 5.03 Å². The Hall–Kier alpha value is -6.18. The minimum Gasteiger partial charge on any atom is -0.497 e. The molecular weight excluding hydrogens is 625 g/mol. The fourth-order valence-corrected chi connectivity index (χ4v) is 6.09. The van der Waals surface area contributed by atoms with E-state index in [0.717, 1.165) is 17.3 Å². The molecule has 0 fully saturated rings. The van der Waals surface area contributed by atoms with E-state index in [2.05, 4.69) is 16.4 Å². The van der Waals surface area contributed by atoms with Crippen LogP contribution in [-0.2, 0) is 4.79 Å². The molecule has 6 aromatic rings. The van der Waals surface area contributed by atoms with Crippen molar-refractivity contribution in [1.29, 1.82) is 5.26 Å². The monoisotopic (exact) mass is 652 g/mol. The SMILES string of the molecule is COc1ccc(OC)c(-c2cc(-c3ccccc3)nc(SCC(=O)Nc3ccc(-c4cc(C(=O)O)c5ccccc5n4)cc3)c2C#N)c1. The van der Waals surface area contributed by atoms with Gasteiger partial charge in [0, 0.05) is 33.3 Å². The number of carboxylic acids is 1. The molecule has 0 bridgehead atoms. The maximum Gasteiger partial charge on any atom is 0.336 e. The number of fused-ring (bicyclic) bond motifs is 1. The lowest BCUT2D eigenvalue weighted by Crippen LogP contribution is -2.14. The maximum atomic E-state index is 13.1. The van der Waals surface area contributed by atoms with Crippen molar-refractivity contribution in [2.75, 3.05) is 25.3 Å². The lowest BCUT2D eigenvalue weighted by molar-refractivity contribution is -0.113. The van der Waals surface area contributed by atoms with Crippen molar-refractivity contribution < 1.29 is 24.2 Å². The first-order valence-corrected chi connectivity index (χ1v) is 15.8. The second kappa shape index (κ2) is 14.1. The number of carbonyl (C=O) groups excluding carboxylic acids is 1. The largest absolute Gasteiger partial charge is 0.497 e. The number of carboxylic acid groups (broad SMARTS) is 1. The summed E-state index contributed by atoms with van der Waals surface area (Å²) in [7, 11) is 3.14. The summed E-state index contributed by atoms with van der Waals surface area (Å²) in [5, 5.41) is 23.9. The lowest BCUT2D eigenvalue weighted by Gasteiger charge is -2.15. The average Bonchev–Trinajstić information content (AvgIpc) is 3.13. The Morgan fingerprint density at radius 2 is 1.52 bits per heavy atom. The van der Waals surface area contributed by atoms with Crippen molar-refractivity contribution in [1.82, 2.24) is 9.97 Å². The summed E-state index contributed by atoms with van der Waals surface area (Å²) >= 11 is 1.16. The van der Waals surface area contributed by atoms with Crippen LogP contribution in [0.3, 0.4) is 0 Å². The number of hydrogen-bond acceptors (Lipinski definition) is 8. The summed E-state index contributed by atoms with van der Waals surface area (Å²) < 4.78 is 11.1. The van der Waals surface area contributed by atoms with Crippen LogP contribution in [0.2, 0.25) is 0 Å². The molecule has 0 aliphatic rings. The van der Waals surface area contributed by atoms with E-state index in [9.17, 15) is 20.0 Å². The molecule has 0 saturated heterocycles. The van der Waals surface area contributed by atoms with Gasteiger partial charge in [-0.2, -0.15) is 5.26 Å². The number of pyridine rings is 2. The molecule has 0 unspecified atom stereocenters. The molecule has 10 heteroatoms. The molecule has 0 atom stereocenters. The standard InChI is InChI=1S/C38H28N4O5S/c1-46-26-16-17-35(47-2)29(18-26)28-19-34(23-8-4-3-5-9-23)42-37(31(28)21-39)48-22-36(43)40-25-14-12-24(13-15-25)33-20-30(38(44)45)27-10-6-7-11-32(27)41-33/h3-20H,22H2,1-2H3,(H,40,43)(H,44,45). The van der Waals surface area contributed by atoms with Gasteiger partial charge in [0.1, 0.15) is 22.6 Å². The number of nitrogens with zero attached hydrogens (tertiary/aromatic N) is 3. The Bertz CT molecular complexity index is 2200. The highest BCUT2D eigenvalue weighted by molar-refractivity contribution is 8.00. The van der Waals surface area contributed by atoms with E-state index in [1.54, 1.807) is 74.9 Å². The summed E-state index contributed by atoms with van der Waals surface area (Å²) in [6, 6.07) is 34.8. The van der Waals surface area contributed by atoms with Gasteiger partial charge in [-0.1, -0.05) is 72.4 Å². The van der Waals surface area contributed by atoms with Gasteiger partial charge in [0.05, 0.1) is 48.0 Å². The molecule has 2 heterocycles. The molecule has 2 aromatic heterocycles. The fraction of sp³-hybridized carbons (Fsp3) is 0.0789. The molecule has 0 aliphatic carbocycles. The fourth-order valence-electron chi connectivity index (χ4n) is 5.28. The number of ether oxygens (including phenoxy) is 2. The van der Waals surface area contributed by atoms with Crippen LogP contribution in [0.4, 0.5) is 5.69 Å². The number of amides is 1. The molecule has 48 heavy (non-hydrogen) atoms. The summed E-state index contributed by atoms with van der Waals surface area (Å²) in [4.78, 5) is 34.5. The Kier molecular flexibility index (Phi) is 9.32. The average molecular weight is 653 g/mol. The van der Waals surface area contributed by atoms with Gasteiger partial charge in [-0.25, -0.2) is 14.8 Å². The quantitative estimate of drug-likeness (QED) is 0.141.